The Morgan fingerprint density at radius 2 is 1.52 bits per heavy atom. The number of piperidine rings is 1. The zero-order valence-electron chi connectivity index (χ0n) is 23.1. The predicted molar refractivity (Wildman–Crippen MR) is 161 cm³/mol. The topological polar surface area (TPSA) is 64.2 Å². The van der Waals surface area contributed by atoms with Crippen molar-refractivity contribution in [2.75, 3.05) is 65.4 Å². The van der Waals surface area contributed by atoms with Gasteiger partial charge in [-0.3, -0.25) is 9.69 Å². The van der Waals surface area contributed by atoms with Crippen LogP contribution in [-0.4, -0.2) is 98.8 Å². The molecule has 1 amide bonds. The van der Waals surface area contributed by atoms with Gasteiger partial charge >= 0.3 is 0 Å². The molecule has 0 saturated carbocycles. The standard InChI is InChI=1S/C30H40Cl2N4O3S/c31-27-11-10-25(22-28(27)32)30(13-7-17-36(24-30)40(38,39)26-8-2-1-3-9-26)12-6-14-33-18-20-34(21-19-33)23-29(37)35-15-4-5-16-35/h1-3,8-11,22H,4-7,12-21,23-24H2. The molecule has 218 valence electrons. The highest BCUT2D eigenvalue weighted by Gasteiger charge is 2.41. The van der Waals surface area contributed by atoms with E-state index in [2.05, 4.69) is 9.80 Å². The zero-order valence-corrected chi connectivity index (χ0v) is 25.4. The largest absolute Gasteiger partial charge is 0.342 e. The van der Waals surface area contributed by atoms with Crippen LogP contribution in [0.5, 0.6) is 0 Å². The molecule has 3 aliphatic heterocycles. The van der Waals surface area contributed by atoms with E-state index in [4.69, 9.17) is 23.2 Å². The third-order valence-electron chi connectivity index (χ3n) is 8.87. The molecule has 3 fully saturated rings. The summed E-state index contributed by atoms with van der Waals surface area (Å²) in [7, 11) is -3.60. The summed E-state index contributed by atoms with van der Waals surface area (Å²) in [6.07, 6.45) is 5.75. The molecule has 3 saturated heterocycles. The van der Waals surface area contributed by atoms with Crippen molar-refractivity contribution >= 4 is 39.1 Å². The second-order valence-electron chi connectivity index (χ2n) is 11.5. The molecule has 0 aliphatic carbocycles. The van der Waals surface area contributed by atoms with E-state index in [9.17, 15) is 13.2 Å². The molecule has 0 bridgehead atoms. The van der Waals surface area contributed by atoms with E-state index in [0.717, 1.165) is 89.9 Å². The van der Waals surface area contributed by atoms with Crippen LogP contribution in [0.15, 0.2) is 53.4 Å². The molecule has 7 nitrogen and oxygen atoms in total. The number of benzene rings is 2. The molecule has 2 aromatic rings. The molecular formula is C30H40Cl2N4O3S. The van der Waals surface area contributed by atoms with Gasteiger partial charge in [-0.15, -0.1) is 0 Å². The quantitative estimate of drug-likeness (QED) is 0.413. The molecule has 0 spiro atoms. The summed E-state index contributed by atoms with van der Waals surface area (Å²) in [5, 5.41) is 1.01. The Morgan fingerprint density at radius 1 is 0.825 bits per heavy atom. The summed E-state index contributed by atoms with van der Waals surface area (Å²) in [6, 6.07) is 14.5. The second kappa shape index (κ2) is 13.1. The number of likely N-dealkylation sites (tertiary alicyclic amines) is 1. The van der Waals surface area contributed by atoms with Gasteiger partial charge in [0.2, 0.25) is 15.9 Å². The fraction of sp³-hybridized carbons (Fsp3) is 0.567. The van der Waals surface area contributed by atoms with Crippen molar-refractivity contribution in [3.63, 3.8) is 0 Å². The van der Waals surface area contributed by atoms with Crippen LogP contribution < -0.4 is 0 Å². The molecular weight excluding hydrogens is 567 g/mol. The van der Waals surface area contributed by atoms with Gasteiger partial charge in [-0.25, -0.2) is 8.42 Å². The Kier molecular flexibility index (Phi) is 9.75. The van der Waals surface area contributed by atoms with Crippen LogP contribution in [0.4, 0.5) is 0 Å². The molecule has 40 heavy (non-hydrogen) atoms. The van der Waals surface area contributed by atoms with Gasteiger partial charge in [-0.1, -0.05) is 47.5 Å². The van der Waals surface area contributed by atoms with Crippen molar-refractivity contribution in [2.24, 2.45) is 0 Å². The molecule has 10 heteroatoms. The number of sulfonamides is 1. The van der Waals surface area contributed by atoms with E-state index < -0.39 is 10.0 Å². The zero-order chi connectivity index (χ0) is 28.2. The van der Waals surface area contributed by atoms with Crippen LogP contribution in [0.2, 0.25) is 10.0 Å². The fourth-order valence-electron chi connectivity index (χ4n) is 6.52. The minimum absolute atomic E-state index is 0.266. The SMILES string of the molecule is O=C(CN1CCN(CCCC2(c3ccc(Cl)c(Cl)c3)CCCN(S(=O)(=O)c3ccccc3)C2)CC1)N1CCCC1. The Labute approximate surface area is 249 Å². The highest BCUT2D eigenvalue weighted by Crippen LogP contribution is 2.41. The monoisotopic (exact) mass is 606 g/mol. The van der Waals surface area contributed by atoms with Crippen LogP contribution in [0.1, 0.15) is 44.1 Å². The molecule has 5 rings (SSSR count). The van der Waals surface area contributed by atoms with Crippen LogP contribution in [0.25, 0.3) is 0 Å². The lowest BCUT2D eigenvalue weighted by Crippen LogP contribution is -2.50. The van der Waals surface area contributed by atoms with Crippen molar-refractivity contribution in [1.29, 1.82) is 0 Å². The number of hydrogen-bond acceptors (Lipinski definition) is 5. The van der Waals surface area contributed by atoms with Crippen LogP contribution >= 0.6 is 23.2 Å². The molecule has 1 unspecified atom stereocenters. The lowest BCUT2D eigenvalue weighted by atomic mass is 9.71. The number of nitrogens with zero attached hydrogens (tertiary/aromatic N) is 4. The van der Waals surface area contributed by atoms with Crippen LogP contribution in [-0.2, 0) is 20.2 Å². The summed E-state index contributed by atoms with van der Waals surface area (Å²) in [5.74, 6) is 0.266. The maximum Gasteiger partial charge on any atom is 0.243 e. The summed E-state index contributed by atoms with van der Waals surface area (Å²) in [6.45, 7) is 7.92. The van der Waals surface area contributed by atoms with E-state index in [-0.39, 0.29) is 11.3 Å². The van der Waals surface area contributed by atoms with E-state index in [0.29, 0.717) is 34.6 Å². The molecule has 1 atom stereocenters. The van der Waals surface area contributed by atoms with Crippen LogP contribution in [0, 0.1) is 0 Å². The van der Waals surface area contributed by atoms with Gasteiger partial charge in [0.1, 0.15) is 0 Å². The lowest BCUT2D eigenvalue weighted by Gasteiger charge is -2.43. The smallest absolute Gasteiger partial charge is 0.243 e. The normalized spacial score (nSPS) is 23.5. The molecule has 2 aromatic carbocycles. The van der Waals surface area contributed by atoms with E-state index >= 15 is 0 Å². The Balaban J connectivity index is 1.23. The van der Waals surface area contributed by atoms with Gasteiger partial charge in [0.15, 0.2) is 0 Å². The number of carbonyl (C=O) groups is 1. The predicted octanol–water partition coefficient (Wildman–Crippen LogP) is 4.74. The number of piperazine rings is 1. The first-order valence-corrected chi connectivity index (χ1v) is 16.7. The molecule has 3 aliphatic rings. The summed E-state index contributed by atoms with van der Waals surface area (Å²) in [5.41, 5.74) is 0.721. The number of carbonyl (C=O) groups excluding carboxylic acids is 1. The Morgan fingerprint density at radius 3 is 2.23 bits per heavy atom. The number of hydrogen-bond donors (Lipinski definition) is 0. The number of amides is 1. The van der Waals surface area contributed by atoms with Gasteiger partial charge in [0, 0.05) is 57.8 Å². The third-order valence-corrected chi connectivity index (χ3v) is 11.5. The van der Waals surface area contributed by atoms with Crippen molar-refractivity contribution in [1.82, 2.24) is 19.0 Å². The number of halogens is 2. The van der Waals surface area contributed by atoms with Gasteiger partial charge in [-0.2, -0.15) is 4.31 Å². The van der Waals surface area contributed by atoms with E-state index in [1.165, 1.54) is 0 Å². The first-order valence-electron chi connectivity index (χ1n) is 14.5. The molecule has 0 N–H and O–H groups in total. The minimum Gasteiger partial charge on any atom is -0.342 e. The van der Waals surface area contributed by atoms with Gasteiger partial charge in [-0.05, 0) is 74.9 Å². The van der Waals surface area contributed by atoms with Crippen molar-refractivity contribution < 1.29 is 13.2 Å². The highest BCUT2D eigenvalue weighted by atomic mass is 35.5. The summed E-state index contributed by atoms with van der Waals surface area (Å²) >= 11 is 12.7. The van der Waals surface area contributed by atoms with Gasteiger partial charge < -0.3 is 9.80 Å². The summed E-state index contributed by atoms with van der Waals surface area (Å²) in [4.78, 5) is 19.6. The van der Waals surface area contributed by atoms with Crippen molar-refractivity contribution in [3.05, 3.63) is 64.1 Å². The maximum absolute atomic E-state index is 13.6. The second-order valence-corrected chi connectivity index (χ2v) is 14.2. The van der Waals surface area contributed by atoms with Gasteiger partial charge in [0.05, 0.1) is 21.5 Å². The average molecular weight is 608 g/mol. The van der Waals surface area contributed by atoms with E-state index in [1.807, 2.05) is 29.2 Å². The average Bonchev–Trinajstić information content (AvgIpc) is 3.52. The Hall–Kier alpha value is -1.68. The van der Waals surface area contributed by atoms with E-state index in [1.54, 1.807) is 28.6 Å². The molecule has 3 heterocycles. The first kappa shape index (κ1) is 29.8. The summed E-state index contributed by atoms with van der Waals surface area (Å²) < 4.78 is 28.8. The number of rotatable bonds is 9. The Bertz CT molecular complexity index is 1260. The van der Waals surface area contributed by atoms with Crippen LogP contribution in [0.3, 0.4) is 0 Å². The lowest BCUT2D eigenvalue weighted by molar-refractivity contribution is -0.131. The van der Waals surface area contributed by atoms with Crippen molar-refractivity contribution in [3.8, 4) is 0 Å². The minimum atomic E-state index is -3.60. The maximum atomic E-state index is 13.6. The fourth-order valence-corrected chi connectivity index (χ4v) is 8.40. The van der Waals surface area contributed by atoms with Crippen molar-refractivity contribution in [2.45, 2.75) is 48.8 Å². The highest BCUT2D eigenvalue weighted by molar-refractivity contribution is 7.89. The first-order chi connectivity index (χ1) is 19.3. The third kappa shape index (κ3) is 6.85. The molecule has 0 radical (unpaired) electrons. The van der Waals surface area contributed by atoms with Gasteiger partial charge in [0.25, 0.3) is 0 Å². The molecule has 0 aromatic heterocycles.